The Hall–Kier alpha value is -3.12. The summed E-state index contributed by atoms with van der Waals surface area (Å²) in [5, 5.41) is 2.15. The molecule has 1 aromatic heterocycles. The average Bonchev–Trinajstić information content (AvgIpc) is 2.72. The van der Waals surface area contributed by atoms with Crippen LogP contribution in [-0.4, -0.2) is 15.9 Å². The van der Waals surface area contributed by atoms with E-state index < -0.39 is 64.4 Å². The zero-order valence-electron chi connectivity index (χ0n) is 16.3. The number of aromatic nitrogens is 2. The molecule has 34 heavy (non-hydrogen) atoms. The highest BCUT2D eigenvalue weighted by Crippen LogP contribution is 2.39. The van der Waals surface area contributed by atoms with Crippen LogP contribution >= 0.6 is 23.2 Å². The lowest BCUT2D eigenvalue weighted by molar-refractivity contribution is -0.141. The SMILES string of the molecule is O=C(NCc1ccc(C(F)(F)F)c(-c2nc(C(F)(F)F)cc(=O)[nH]2)c1F)c1cccc(Cl)c1Cl. The molecule has 3 aromatic rings. The van der Waals surface area contributed by atoms with E-state index in [1.165, 1.54) is 18.2 Å². The summed E-state index contributed by atoms with van der Waals surface area (Å²) in [6.07, 6.45) is -10.4. The maximum Gasteiger partial charge on any atom is 0.433 e. The molecule has 0 aliphatic heterocycles. The first-order chi connectivity index (χ1) is 15.7. The zero-order valence-corrected chi connectivity index (χ0v) is 17.8. The van der Waals surface area contributed by atoms with Crippen LogP contribution in [0, 0.1) is 5.82 Å². The fourth-order valence-electron chi connectivity index (χ4n) is 2.89. The number of nitrogens with zero attached hydrogens (tertiary/aromatic N) is 1. The van der Waals surface area contributed by atoms with Gasteiger partial charge in [0.25, 0.3) is 11.5 Å². The van der Waals surface area contributed by atoms with Gasteiger partial charge in [0.1, 0.15) is 11.6 Å². The van der Waals surface area contributed by atoms with E-state index in [9.17, 15) is 35.9 Å². The monoisotopic (exact) mass is 527 g/mol. The van der Waals surface area contributed by atoms with Crippen molar-refractivity contribution in [1.29, 1.82) is 0 Å². The smallest absolute Gasteiger partial charge is 0.348 e. The quantitative estimate of drug-likeness (QED) is 0.418. The van der Waals surface area contributed by atoms with E-state index in [2.05, 4.69) is 10.3 Å². The van der Waals surface area contributed by atoms with Gasteiger partial charge in [-0.3, -0.25) is 9.59 Å². The molecule has 0 unspecified atom stereocenters. The standard InChI is InChI=1S/C20H10Cl2F7N3O2/c21-11-3-1-2-9(15(11)22)18(34)30-7-8-4-5-10(19(24,25)26)14(16(8)23)17-31-12(20(27,28)29)6-13(33)32-17/h1-6H,7H2,(H,30,34)(H,31,32,33). The number of H-pyrrole nitrogens is 1. The van der Waals surface area contributed by atoms with Gasteiger partial charge in [0.15, 0.2) is 5.69 Å². The summed E-state index contributed by atoms with van der Waals surface area (Å²) in [6.45, 7) is -0.679. The molecule has 180 valence electrons. The Kier molecular flexibility index (Phi) is 6.94. The van der Waals surface area contributed by atoms with E-state index in [0.29, 0.717) is 12.1 Å². The van der Waals surface area contributed by atoms with Crippen LogP contribution < -0.4 is 10.9 Å². The second kappa shape index (κ2) is 9.26. The molecule has 3 rings (SSSR count). The van der Waals surface area contributed by atoms with Crippen LogP contribution in [0.2, 0.25) is 10.0 Å². The molecule has 0 saturated carbocycles. The van der Waals surface area contributed by atoms with Crippen molar-refractivity contribution in [1.82, 2.24) is 15.3 Å². The van der Waals surface area contributed by atoms with E-state index in [1.807, 2.05) is 0 Å². The van der Waals surface area contributed by atoms with Crippen molar-refractivity contribution in [2.24, 2.45) is 0 Å². The molecule has 0 saturated heterocycles. The molecule has 0 aliphatic carbocycles. The van der Waals surface area contributed by atoms with Gasteiger partial charge in [-0.2, -0.15) is 26.3 Å². The molecule has 5 nitrogen and oxygen atoms in total. The van der Waals surface area contributed by atoms with Gasteiger partial charge in [-0.05, 0) is 18.2 Å². The number of benzene rings is 2. The Balaban J connectivity index is 2.07. The van der Waals surface area contributed by atoms with Crippen LogP contribution in [0.5, 0.6) is 0 Å². The maximum absolute atomic E-state index is 15.2. The summed E-state index contributed by atoms with van der Waals surface area (Å²) in [4.78, 5) is 28.7. The minimum atomic E-state index is -5.21. The third-order valence-corrected chi connectivity index (χ3v) is 5.25. The van der Waals surface area contributed by atoms with Crippen LogP contribution in [0.1, 0.15) is 27.2 Å². The van der Waals surface area contributed by atoms with E-state index in [1.54, 1.807) is 4.98 Å². The van der Waals surface area contributed by atoms with E-state index >= 15 is 4.39 Å². The lowest BCUT2D eigenvalue weighted by atomic mass is 10.0. The molecule has 0 radical (unpaired) electrons. The van der Waals surface area contributed by atoms with Gasteiger partial charge in [0, 0.05) is 18.2 Å². The molecule has 1 heterocycles. The second-order valence-electron chi connectivity index (χ2n) is 6.72. The van der Waals surface area contributed by atoms with Crippen molar-refractivity contribution in [2.75, 3.05) is 0 Å². The third-order valence-electron chi connectivity index (χ3n) is 4.43. The maximum atomic E-state index is 15.2. The van der Waals surface area contributed by atoms with Crippen LogP contribution in [0.3, 0.4) is 0 Å². The van der Waals surface area contributed by atoms with Crippen molar-refractivity contribution in [2.45, 2.75) is 18.9 Å². The molecule has 0 aliphatic rings. The normalized spacial score (nSPS) is 12.0. The summed E-state index contributed by atoms with van der Waals surface area (Å²) in [5.74, 6) is -3.77. The molecular formula is C20H10Cl2F7N3O2. The van der Waals surface area contributed by atoms with Crippen LogP contribution in [0.25, 0.3) is 11.4 Å². The van der Waals surface area contributed by atoms with Crippen molar-refractivity contribution in [3.63, 3.8) is 0 Å². The fraction of sp³-hybridized carbons (Fsp3) is 0.150. The number of halogens is 9. The predicted molar refractivity (Wildman–Crippen MR) is 108 cm³/mol. The van der Waals surface area contributed by atoms with E-state index in [4.69, 9.17) is 23.2 Å². The Morgan fingerprint density at radius 3 is 2.32 bits per heavy atom. The Morgan fingerprint density at radius 2 is 1.71 bits per heavy atom. The molecule has 2 N–H and O–H groups in total. The topological polar surface area (TPSA) is 74.8 Å². The Morgan fingerprint density at radius 1 is 1.03 bits per heavy atom. The molecular weight excluding hydrogens is 518 g/mol. The molecule has 0 bridgehead atoms. The lowest BCUT2D eigenvalue weighted by Gasteiger charge is -2.17. The minimum Gasteiger partial charge on any atom is -0.348 e. The molecule has 0 spiro atoms. The van der Waals surface area contributed by atoms with Crippen molar-refractivity contribution < 1.29 is 35.5 Å². The largest absolute Gasteiger partial charge is 0.433 e. The number of carbonyl (C=O) groups excluding carboxylic acids is 1. The Bertz CT molecular complexity index is 1320. The summed E-state index contributed by atoms with van der Waals surface area (Å²) < 4.78 is 94.7. The van der Waals surface area contributed by atoms with Gasteiger partial charge in [-0.1, -0.05) is 35.3 Å². The van der Waals surface area contributed by atoms with E-state index in [0.717, 1.165) is 0 Å². The molecule has 0 atom stereocenters. The van der Waals surface area contributed by atoms with Gasteiger partial charge >= 0.3 is 12.4 Å². The molecule has 2 aromatic carbocycles. The minimum absolute atomic E-state index is 0.0213. The fourth-order valence-corrected chi connectivity index (χ4v) is 3.28. The third kappa shape index (κ3) is 5.33. The summed E-state index contributed by atoms with van der Waals surface area (Å²) >= 11 is 11.7. The first kappa shape index (κ1) is 25.5. The first-order valence-corrected chi connectivity index (χ1v) is 9.75. The highest BCUT2D eigenvalue weighted by Gasteiger charge is 2.38. The summed E-state index contributed by atoms with van der Waals surface area (Å²) in [6, 6.07) is 5.18. The number of hydrogen-bond acceptors (Lipinski definition) is 3. The summed E-state index contributed by atoms with van der Waals surface area (Å²) in [7, 11) is 0. The van der Waals surface area contributed by atoms with Crippen LogP contribution in [0.4, 0.5) is 30.7 Å². The highest BCUT2D eigenvalue weighted by atomic mass is 35.5. The number of alkyl halides is 6. The van der Waals surface area contributed by atoms with Crippen LogP contribution in [-0.2, 0) is 18.9 Å². The molecule has 1 amide bonds. The van der Waals surface area contributed by atoms with Crippen molar-refractivity contribution >= 4 is 29.1 Å². The van der Waals surface area contributed by atoms with Gasteiger partial charge in [-0.15, -0.1) is 0 Å². The van der Waals surface area contributed by atoms with Crippen LogP contribution in [0.15, 0.2) is 41.2 Å². The Labute approximate surface area is 195 Å². The molecule has 14 heteroatoms. The van der Waals surface area contributed by atoms with Crippen molar-refractivity contribution in [3.8, 4) is 11.4 Å². The average molecular weight is 528 g/mol. The number of nitrogens with one attached hydrogen (secondary N) is 2. The predicted octanol–water partition coefficient (Wildman–Crippen LogP) is 5.85. The van der Waals surface area contributed by atoms with Gasteiger partial charge in [0.2, 0.25) is 0 Å². The lowest BCUT2D eigenvalue weighted by Crippen LogP contribution is -2.24. The number of hydrogen-bond donors (Lipinski definition) is 2. The number of aromatic amines is 1. The number of carbonyl (C=O) groups is 1. The number of amides is 1. The van der Waals surface area contributed by atoms with Gasteiger partial charge in [-0.25, -0.2) is 9.37 Å². The zero-order chi connectivity index (χ0) is 25.4. The first-order valence-electron chi connectivity index (χ1n) is 9.00. The summed E-state index contributed by atoms with van der Waals surface area (Å²) in [5.41, 5.74) is -6.99. The highest BCUT2D eigenvalue weighted by molar-refractivity contribution is 6.43. The second-order valence-corrected chi connectivity index (χ2v) is 7.51. The van der Waals surface area contributed by atoms with Gasteiger partial charge < -0.3 is 10.3 Å². The van der Waals surface area contributed by atoms with Gasteiger partial charge in [0.05, 0.1) is 26.7 Å². The van der Waals surface area contributed by atoms with E-state index in [-0.39, 0.29) is 21.7 Å². The molecule has 0 fully saturated rings. The van der Waals surface area contributed by atoms with Crippen molar-refractivity contribution in [3.05, 3.63) is 85.0 Å². The number of rotatable bonds is 4.